The largest absolute Gasteiger partial charge is 0.486 e. The van der Waals surface area contributed by atoms with Gasteiger partial charge in [0.15, 0.2) is 0 Å². The van der Waals surface area contributed by atoms with Crippen molar-refractivity contribution >= 4 is 23.3 Å². The number of benzene rings is 2. The van der Waals surface area contributed by atoms with Gasteiger partial charge in [0.25, 0.3) is 0 Å². The van der Waals surface area contributed by atoms with E-state index in [9.17, 15) is 9.59 Å². The number of rotatable bonds is 6. The molecule has 0 aliphatic carbocycles. The summed E-state index contributed by atoms with van der Waals surface area (Å²) >= 11 is 1.54. The van der Waals surface area contributed by atoms with Gasteiger partial charge < -0.3 is 14.2 Å². The van der Waals surface area contributed by atoms with E-state index < -0.39 is 11.9 Å². The first-order valence-corrected chi connectivity index (χ1v) is 8.98. The van der Waals surface area contributed by atoms with Gasteiger partial charge in [0.1, 0.15) is 23.7 Å². The second-order valence-corrected chi connectivity index (χ2v) is 6.61. The lowest BCUT2D eigenvalue weighted by Gasteiger charge is -2.10. The van der Waals surface area contributed by atoms with Crippen molar-refractivity contribution in [2.45, 2.75) is 13.5 Å². The van der Waals surface area contributed by atoms with Gasteiger partial charge in [0, 0.05) is 5.38 Å². The zero-order valence-electron chi connectivity index (χ0n) is 14.8. The molecule has 3 rings (SSSR count). The van der Waals surface area contributed by atoms with Gasteiger partial charge >= 0.3 is 11.9 Å². The van der Waals surface area contributed by atoms with Crippen molar-refractivity contribution in [3.8, 4) is 11.5 Å². The molecule has 1 heterocycles. The number of aromatic nitrogens is 1. The van der Waals surface area contributed by atoms with E-state index in [-0.39, 0.29) is 6.61 Å². The maximum absolute atomic E-state index is 12.5. The average Bonchev–Trinajstić information content (AvgIpc) is 3.11. The zero-order chi connectivity index (χ0) is 19.2. The van der Waals surface area contributed by atoms with Crippen LogP contribution in [-0.4, -0.2) is 24.0 Å². The Morgan fingerprint density at radius 2 is 1.78 bits per heavy atom. The van der Waals surface area contributed by atoms with Gasteiger partial charge in [0.2, 0.25) is 0 Å². The number of esters is 2. The highest BCUT2D eigenvalue weighted by molar-refractivity contribution is 7.09. The third kappa shape index (κ3) is 4.71. The van der Waals surface area contributed by atoms with Gasteiger partial charge in [-0.25, -0.2) is 14.6 Å². The number of carbonyl (C=O) groups is 2. The molecule has 0 amide bonds. The molecule has 0 spiro atoms. The fourth-order valence-corrected chi connectivity index (χ4v) is 2.92. The molecule has 0 radical (unpaired) electrons. The molecule has 0 fully saturated rings. The van der Waals surface area contributed by atoms with Crippen molar-refractivity contribution in [2.24, 2.45) is 0 Å². The van der Waals surface area contributed by atoms with Crippen LogP contribution in [0.2, 0.25) is 0 Å². The number of para-hydroxylation sites is 1. The molecule has 27 heavy (non-hydrogen) atoms. The topological polar surface area (TPSA) is 74.7 Å². The molecule has 0 aliphatic rings. The fraction of sp³-hybridized carbons (Fsp3) is 0.150. The predicted octanol–water partition coefficient (Wildman–Crippen LogP) is 4.04. The Morgan fingerprint density at radius 1 is 1.04 bits per heavy atom. The Morgan fingerprint density at radius 3 is 2.44 bits per heavy atom. The Bertz CT molecular complexity index is 949. The molecule has 7 heteroatoms. The average molecular weight is 383 g/mol. The van der Waals surface area contributed by atoms with Crippen molar-refractivity contribution in [3.05, 3.63) is 75.7 Å². The molecule has 3 aromatic rings. The van der Waals surface area contributed by atoms with Gasteiger partial charge in [-0.05, 0) is 43.3 Å². The van der Waals surface area contributed by atoms with Crippen LogP contribution in [0, 0.1) is 6.92 Å². The monoisotopic (exact) mass is 383 g/mol. The van der Waals surface area contributed by atoms with Gasteiger partial charge in [-0.1, -0.05) is 12.1 Å². The number of hydrogen-bond donors (Lipinski definition) is 0. The first kappa shape index (κ1) is 18.6. The highest BCUT2D eigenvalue weighted by Crippen LogP contribution is 2.22. The summed E-state index contributed by atoms with van der Waals surface area (Å²) in [7, 11) is 1.31. The third-order valence-electron chi connectivity index (χ3n) is 3.64. The molecule has 0 bridgehead atoms. The van der Waals surface area contributed by atoms with Gasteiger partial charge in [-0.2, -0.15) is 0 Å². The maximum atomic E-state index is 12.5. The maximum Gasteiger partial charge on any atom is 0.347 e. The highest BCUT2D eigenvalue weighted by Gasteiger charge is 2.15. The van der Waals surface area contributed by atoms with Crippen molar-refractivity contribution in [2.75, 3.05) is 7.11 Å². The van der Waals surface area contributed by atoms with E-state index in [0.717, 1.165) is 10.7 Å². The van der Waals surface area contributed by atoms with E-state index in [2.05, 4.69) is 9.72 Å². The van der Waals surface area contributed by atoms with Crippen LogP contribution >= 0.6 is 11.3 Å². The van der Waals surface area contributed by atoms with E-state index in [0.29, 0.717) is 22.6 Å². The van der Waals surface area contributed by atoms with Crippen molar-refractivity contribution in [1.29, 1.82) is 0 Å². The summed E-state index contributed by atoms with van der Waals surface area (Å²) in [6.07, 6.45) is 0. The summed E-state index contributed by atoms with van der Waals surface area (Å²) in [5.74, 6) is -0.272. The number of nitrogens with zero attached hydrogens (tertiary/aromatic N) is 1. The zero-order valence-corrected chi connectivity index (χ0v) is 15.6. The Balaban J connectivity index is 1.70. The Hall–Kier alpha value is -3.19. The molecule has 6 nitrogen and oxygen atoms in total. The summed E-state index contributed by atoms with van der Waals surface area (Å²) in [6, 6.07) is 13.0. The summed E-state index contributed by atoms with van der Waals surface area (Å²) in [4.78, 5) is 28.3. The Labute approximate surface area is 160 Å². The third-order valence-corrected chi connectivity index (χ3v) is 4.46. The summed E-state index contributed by atoms with van der Waals surface area (Å²) in [5, 5.41) is 2.87. The molecule has 0 saturated carbocycles. The molecule has 0 N–H and O–H groups in total. The van der Waals surface area contributed by atoms with Crippen LogP contribution < -0.4 is 9.47 Å². The Kier molecular flexibility index (Phi) is 5.83. The first-order chi connectivity index (χ1) is 13.1. The van der Waals surface area contributed by atoms with Crippen LogP contribution in [0.25, 0.3) is 0 Å². The molecular formula is C20H17NO5S. The number of hydrogen-bond acceptors (Lipinski definition) is 7. The molecule has 138 valence electrons. The first-order valence-electron chi connectivity index (χ1n) is 8.10. The molecule has 0 aliphatic heterocycles. The van der Waals surface area contributed by atoms with Crippen LogP contribution in [0.4, 0.5) is 0 Å². The van der Waals surface area contributed by atoms with Gasteiger partial charge in [-0.3, -0.25) is 0 Å². The lowest BCUT2D eigenvalue weighted by Crippen LogP contribution is -2.11. The summed E-state index contributed by atoms with van der Waals surface area (Å²) in [5.41, 5.74) is 1.49. The molecule has 0 atom stereocenters. The summed E-state index contributed by atoms with van der Waals surface area (Å²) in [6.45, 7) is 2.19. The van der Waals surface area contributed by atoms with Crippen LogP contribution in [0.5, 0.6) is 11.5 Å². The van der Waals surface area contributed by atoms with Crippen molar-refractivity contribution in [3.63, 3.8) is 0 Å². The summed E-state index contributed by atoms with van der Waals surface area (Å²) < 4.78 is 15.8. The van der Waals surface area contributed by atoms with Gasteiger partial charge in [0.05, 0.1) is 23.4 Å². The lowest BCUT2D eigenvalue weighted by atomic mass is 10.2. The minimum absolute atomic E-state index is 0.266. The number of aryl methyl sites for hydroxylation is 1. The lowest BCUT2D eigenvalue weighted by molar-refractivity contribution is 0.0600. The van der Waals surface area contributed by atoms with E-state index >= 15 is 0 Å². The van der Waals surface area contributed by atoms with E-state index in [1.807, 2.05) is 12.3 Å². The van der Waals surface area contributed by atoms with Crippen LogP contribution in [-0.2, 0) is 11.3 Å². The standard InChI is InChI=1S/C20H17NO5S/c1-13-21-15(12-27-13)11-25-18-6-4-3-5-17(18)20(23)26-16-9-7-14(8-10-16)19(22)24-2/h3-10,12H,11H2,1-2H3. The van der Waals surface area contributed by atoms with Gasteiger partial charge in [-0.15, -0.1) is 11.3 Å². The van der Waals surface area contributed by atoms with Crippen LogP contribution in [0.15, 0.2) is 53.9 Å². The van der Waals surface area contributed by atoms with E-state index in [1.165, 1.54) is 31.4 Å². The number of methoxy groups -OCH3 is 1. The number of ether oxygens (including phenoxy) is 3. The van der Waals surface area contributed by atoms with Crippen LogP contribution in [0.3, 0.4) is 0 Å². The fourth-order valence-electron chi connectivity index (χ4n) is 2.33. The predicted molar refractivity (Wildman–Crippen MR) is 100 cm³/mol. The molecular weight excluding hydrogens is 366 g/mol. The highest BCUT2D eigenvalue weighted by atomic mass is 32.1. The second kappa shape index (κ2) is 8.46. The van der Waals surface area contributed by atoms with E-state index in [4.69, 9.17) is 9.47 Å². The van der Waals surface area contributed by atoms with Crippen LogP contribution in [0.1, 0.15) is 31.4 Å². The molecule has 0 unspecified atom stereocenters. The smallest absolute Gasteiger partial charge is 0.347 e. The van der Waals surface area contributed by atoms with E-state index in [1.54, 1.807) is 35.6 Å². The quantitative estimate of drug-likeness (QED) is 0.472. The minimum atomic E-state index is -0.550. The number of thiazole rings is 1. The molecule has 1 aromatic heterocycles. The molecule has 2 aromatic carbocycles. The minimum Gasteiger partial charge on any atom is -0.486 e. The van der Waals surface area contributed by atoms with Crippen molar-refractivity contribution in [1.82, 2.24) is 4.98 Å². The SMILES string of the molecule is COC(=O)c1ccc(OC(=O)c2ccccc2OCc2csc(C)n2)cc1. The second-order valence-electron chi connectivity index (χ2n) is 5.55. The van der Waals surface area contributed by atoms with Crippen molar-refractivity contribution < 1.29 is 23.8 Å². The normalized spacial score (nSPS) is 10.3. The number of carbonyl (C=O) groups excluding carboxylic acids is 2. The molecule has 0 saturated heterocycles.